The number of ether oxygens (including phenoxy) is 1. The van der Waals surface area contributed by atoms with Gasteiger partial charge in [-0.05, 0) is 12.3 Å². The van der Waals surface area contributed by atoms with Crippen LogP contribution in [0, 0.1) is 5.92 Å². The van der Waals surface area contributed by atoms with E-state index in [1.165, 1.54) is 0 Å². The Morgan fingerprint density at radius 1 is 1.60 bits per heavy atom. The normalized spacial score (nSPS) is 18.1. The van der Waals surface area contributed by atoms with Gasteiger partial charge >= 0.3 is 0 Å². The maximum atomic E-state index is 12.0. The third-order valence-electron chi connectivity index (χ3n) is 3.26. The fourth-order valence-corrected chi connectivity index (χ4v) is 2.18. The Labute approximate surface area is 119 Å². The first-order valence-corrected chi connectivity index (χ1v) is 7.26. The van der Waals surface area contributed by atoms with Crippen molar-refractivity contribution in [2.75, 3.05) is 19.8 Å². The molecule has 6 nitrogen and oxygen atoms in total. The number of imidazole rings is 1. The van der Waals surface area contributed by atoms with Crippen LogP contribution >= 0.6 is 0 Å². The van der Waals surface area contributed by atoms with Crippen molar-refractivity contribution >= 4 is 5.91 Å². The van der Waals surface area contributed by atoms with Gasteiger partial charge in [0.05, 0.1) is 23.8 Å². The molecule has 0 radical (unpaired) electrons. The van der Waals surface area contributed by atoms with E-state index in [9.17, 15) is 4.79 Å². The number of nitrogens with zero attached hydrogens (tertiary/aromatic N) is 1. The maximum absolute atomic E-state index is 12.0. The molecule has 0 aromatic carbocycles. The largest absolute Gasteiger partial charge is 0.381 e. The fraction of sp³-hybridized carbons (Fsp3) is 0.714. The van der Waals surface area contributed by atoms with Crippen molar-refractivity contribution in [3.8, 4) is 0 Å². The molecule has 1 amide bonds. The summed E-state index contributed by atoms with van der Waals surface area (Å²) in [6.45, 7) is 7.05. The van der Waals surface area contributed by atoms with Gasteiger partial charge in [-0.2, -0.15) is 0 Å². The predicted molar refractivity (Wildman–Crippen MR) is 76.2 cm³/mol. The van der Waals surface area contributed by atoms with Crippen molar-refractivity contribution in [3.05, 3.63) is 17.7 Å². The zero-order valence-corrected chi connectivity index (χ0v) is 12.2. The molecule has 0 saturated heterocycles. The summed E-state index contributed by atoms with van der Waals surface area (Å²) in [5.41, 5.74) is 2.07. The molecule has 2 heterocycles. The van der Waals surface area contributed by atoms with Crippen LogP contribution in [0.1, 0.15) is 31.7 Å². The zero-order valence-electron chi connectivity index (χ0n) is 12.2. The summed E-state index contributed by atoms with van der Waals surface area (Å²) in [7, 11) is 0. The Hall–Kier alpha value is -1.40. The van der Waals surface area contributed by atoms with E-state index in [1.807, 2.05) is 0 Å². The van der Waals surface area contributed by atoms with Crippen LogP contribution in [0.25, 0.3) is 0 Å². The van der Waals surface area contributed by atoms with Crippen LogP contribution in [-0.2, 0) is 22.5 Å². The van der Waals surface area contributed by atoms with E-state index >= 15 is 0 Å². The van der Waals surface area contributed by atoms with Crippen molar-refractivity contribution in [2.24, 2.45) is 5.92 Å². The summed E-state index contributed by atoms with van der Waals surface area (Å²) in [5.74, 6) is 0.599. The van der Waals surface area contributed by atoms with E-state index in [1.54, 1.807) is 6.33 Å². The highest BCUT2D eigenvalue weighted by molar-refractivity contribution is 5.82. The van der Waals surface area contributed by atoms with Crippen LogP contribution in [0.2, 0.25) is 0 Å². The van der Waals surface area contributed by atoms with Gasteiger partial charge in [-0.25, -0.2) is 4.98 Å². The van der Waals surface area contributed by atoms with Crippen LogP contribution in [0.3, 0.4) is 0 Å². The number of H-pyrrole nitrogens is 1. The molecule has 1 aromatic rings. The summed E-state index contributed by atoms with van der Waals surface area (Å²) in [6.07, 6.45) is 3.17. The number of hydrogen-bond acceptors (Lipinski definition) is 4. The van der Waals surface area contributed by atoms with Crippen LogP contribution < -0.4 is 10.6 Å². The van der Waals surface area contributed by atoms with Crippen molar-refractivity contribution in [2.45, 2.75) is 39.3 Å². The predicted octanol–water partition coefficient (Wildman–Crippen LogP) is 0.603. The Bertz CT molecular complexity index is 431. The number of carbonyl (C=O) groups excluding carboxylic acids is 1. The van der Waals surface area contributed by atoms with Gasteiger partial charge in [-0.3, -0.25) is 10.1 Å². The van der Waals surface area contributed by atoms with Crippen molar-refractivity contribution in [1.29, 1.82) is 0 Å². The molecule has 1 aromatic heterocycles. The number of fused-ring (bicyclic) bond motifs is 1. The van der Waals surface area contributed by atoms with E-state index in [0.29, 0.717) is 32.0 Å². The van der Waals surface area contributed by atoms with Crippen molar-refractivity contribution < 1.29 is 9.53 Å². The molecule has 1 atom stereocenters. The van der Waals surface area contributed by atoms with Gasteiger partial charge in [0.1, 0.15) is 0 Å². The van der Waals surface area contributed by atoms with Gasteiger partial charge in [0.25, 0.3) is 0 Å². The minimum Gasteiger partial charge on any atom is -0.381 e. The average Bonchev–Trinajstić information content (AvgIpc) is 2.89. The number of aromatic amines is 1. The summed E-state index contributed by atoms with van der Waals surface area (Å²) < 4.78 is 5.48. The second-order valence-electron chi connectivity index (χ2n) is 5.58. The molecule has 0 fully saturated rings. The molecule has 1 aliphatic heterocycles. The molecule has 0 bridgehead atoms. The highest BCUT2D eigenvalue weighted by atomic mass is 16.5. The van der Waals surface area contributed by atoms with Crippen molar-refractivity contribution in [3.63, 3.8) is 0 Å². The average molecular weight is 280 g/mol. The molecular formula is C14H24N4O2. The second-order valence-corrected chi connectivity index (χ2v) is 5.58. The molecular weight excluding hydrogens is 256 g/mol. The Morgan fingerprint density at radius 3 is 3.25 bits per heavy atom. The molecule has 6 heteroatoms. The second kappa shape index (κ2) is 7.40. The van der Waals surface area contributed by atoms with Gasteiger partial charge in [0.15, 0.2) is 0 Å². The van der Waals surface area contributed by atoms with Crippen LogP contribution in [0.5, 0.6) is 0 Å². The Kier molecular flexibility index (Phi) is 5.55. The Morgan fingerprint density at radius 2 is 2.45 bits per heavy atom. The molecule has 0 spiro atoms. The first kappa shape index (κ1) is 15.0. The molecule has 0 aliphatic carbocycles. The van der Waals surface area contributed by atoms with Gasteiger partial charge in [0.2, 0.25) is 5.91 Å². The third kappa shape index (κ3) is 4.31. The van der Waals surface area contributed by atoms with Gasteiger partial charge in [-0.1, -0.05) is 13.8 Å². The van der Waals surface area contributed by atoms with Gasteiger partial charge in [0, 0.05) is 32.7 Å². The number of aromatic nitrogens is 2. The van der Waals surface area contributed by atoms with E-state index in [0.717, 1.165) is 24.4 Å². The smallest absolute Gasteiger partial charge is 0.237 e. The molecule has 1 unspecified atom stereocenters. The molecule has 2 rings (SSSR count). The lowest BCUT2D eigenvalue weighted by Crippen LogP contribution is -2.48. The first-order valence-electron chi connectivity index (χ1n) is 7.26. The summed E-state index contributed by atoms with van der Waals surface area (Å²) >= 11 is 0. The molecule has 112 valence electrons. The highest BCUT2D eigenvalue weighted by Gasteiger charge is 2.25. The van der Waals surface area contributed by atoms with E-state index < -0.39 is 0 Å². The molecule has 3 N–H and O–H groups in total. The molecule has 1 aliphatic rings. The number of amides is 1. The zero-order chi connectivity index (χ0) is 14.4. The van der Waals surface area contributed by atoms with Gasteiger partial charge in [-0.15, -0.1) is 0 Å². The van der Waals surface area contributed by atoms with Crippen LogP contribution in [0.4, 0.5) is 0 Å². The quantitative estimate of drug-likeness (QED) is 0.639. The van der Waals surface area contributed by atoms with Gasteiger partial charge < -0.3 is 15.0 Å². The SMILES string of the molecule is CC(C)COCCCNC(=O)C1Cc2nc[nH]c2CN1. The lowest BCUT2D eigenvalue weighted by molar-refractivity contribution is -0.123. The fourth-order valence-electron chi connectivity index (χ4n) is 2.18. The molecule has 20 heavy (non-hydrogen) atoms. The van der Waals surface area contributed by atoms with Crippen LogP contribution in [-0.4, -0.2) is 41.7 Å². The lowest BCUT2D eigenvalue weighted by atomic mass is 10.0. The topological polar surface area (TPSA) is 79.0 Å². The summed E-state index contributed by atoms with van der Waals surface area (Å²) in [6, 6.07) is -0.178. The van der Waals surface area contributed by atoms with E-state index in [2.05, 4.69) is 34.4 Å². The lowest BCUT2D eigenvalue weighted by Gasteiger charge is -2.22. The maximum Gasteiger partial charge on any atom is 0.237 e. The van der Waals surface area contributed by atoms with Crippen molar-refractivity contribution in [1.82, 2.24) is 20.6 Å². The summed E-state index contributed by atoms with van der Waals surface area (Å²) in [5, 5.41) is 6.16. The number of nitrogens with one attached hydrogen (secondary N) is 3. The number of carbonyl (C=O) groups is 1. The standard InChI is InChI=1S/C14H24N4O2/c1-10(2)8-20-5-3-4-15-14(19)12-6-11-13(7-16-12)18-9-17-11/h9-10,12,16H,3-8H2,1-2H3,(H,15,19)(H,17,18). The van der Waals surface area contributed by atoms with E-state index in [4.69, 9.17) is 4.74 Å². The first-order chi connectivity index (χ1) is 9.66. The van der Waals surface area contributed by atoms with Crippen LogP contribution in [0.15, 0.2) is 6.33 Å². The monoisotopic (exact) mass is 280 g/mol. The summed E-state index contributed by atoms with van der Waals surface area (Å²) in [4.78, 5) is 19.3. The minimum absolute atomic E-state index is 0.0440. The van der Waals surface area contributed by atoms with E-state index in [-0.39, 0.29) is 11.9 Å². The molecule has 0 saturated carbocycles. The highest BCUT2D eigenvalue weighted by Crippen LogP contribution is 2.11. The third-order valence-corrected chi connectivity index (χ3v) is 3.26. The number of rotatable bonds is 7. The minimum atomic E-state index is -0.178. The Balaban J connectivity index is 1.61. The number of hydrogen-bond donors (Lipinski definition) is 3.